The molecule has 0 atom stereocenters. The van der Waals surface area contributed by atoms with Crippen LogP contribution in [0.3, 0.4) is 0 Å². The van der Waals surface area contributed by atoms with E-state index in [9.17, 15) is 46.6 Å². The number of hydrogen-bond acceptors (Lipinski definition) is 11. The predicted molar refractivity (Wildman–Crippen MR) is 274 cm³/mol. The van der Waals surface area contributed by atoms with Gasteiger partial charge in [-0.2, -0.15) is 0 Å². The molecule has 8 aromatic rings. The standard InChI is InChI=1S/C22H22FNO4.C19H16FNO3.C18H11F2NO4/c23-15-1-2-17-16(6-15)19(7-18(24-17)21(26)27)28-11-20(25)22-8-12-3-13(9-22)5-14(4-12)10-22;20-14-8-9-16-15(11-14)18(12-17(21-16)19(22)23)24-10-4-7-13-5-2-1-3-6-13;19-11-3-1-10(2-4-11)16(22)9-25-17-8-15(18(23)24)21-14-6-5-12(20)7-13(14)17/h1-2,6-7,12-14H,3-5,8-11H2,(H,26,27);1-3,5-6,8-9,11-12H,4,7,10H2,(H,22,23);1-8H,9H2,(H,23,24). The van der Waals surface area contributed by atoms with Crippen molar-refractivity contribution < 1.29 is 71.1 Å². The number of pyridine rings is 3. The second-order valence-electron chi connectivity index (χ2n) is 19.5. The van der Waals surface area contributed by atoms with Crippen LogP contribution < -0.4 is 14.2 Å². The summed E-state index contributed by atoms with van der Waals surface area (Å²) >= 11 is 0. The Morgan fingerprint density at radius 1 is 0.494 bits per heavy atom. The van der Waals surface area contributed by atoms with Crippen molar-refractivity contribution in [1.29, 1.82) is 0 Å². The highest BCUT2D eigenvalue weighted by molar-refractivity contribution is 5.98. The number of carbonyl (C=O) groups excluding carboxylic acids is 2. The highest BCUT2D eigenvalue weighted by atomic mass is 19.1. The van der Waals surface area contributed by atoms with E-state index in [0.717, 1.165) is 62.4 Å². The number of Topliss-reactive ketones (excluding diaryl/α,β-unsaturated/α-hetero) is 2. The molecular weight excluding hydrogens is 1000 g/mol. The Hall–Kier alpha value is -8.80. The van der Waals surface area contributed by atoms with Gasteiger partial charge in [-0.15, -0.1) is 0 Å². The molecule has 4 aliphatic rings. The zero-order valence-corrected chi connectivity index (χ0v) is 41.1. The molecule has 0 spiro atoms. The lowest BCUT2D eigenvalue weighted by molar-refractivity contribution is -0.145. The molecule has 3 aromatic heterocycles. The van der Waals surface area contributed by atoms with Gasteiger partial charge >= 0.3 is 17.9 Å². The number of aromatic nitrogens is 3. The van der Waals surface area contributed by atoms with Crippen LogP contribution in [0.2, 0.25) is 0 Å². The normalized spacial score (nSPS) is 17.9. The third-order valence-corrected chi connectivity index (χ3v) is 14.1. The highest BCUT2D eigenvalue weighted by Crippen LogP contribution is 2.60. The molecule has 4 aliphatic carbocycles. The fourth-order valence-electron chi connectivity index (χ4n) is 10.9. The largest absolute Gasteiger partial charge is 0.493 e. The Labute approximate surface area is 437 Å². The van der Waals surface area contributed by atoms with Gasteiger partial charge in [-0.1, -0.05) is 30.3 Å². The van der Waals surface area contributed by atoms with Gasteiger partial charge in [0.2, 0.25) is 0 Å². The van der Waals surface area contributed by atoms with Crippen molar-refractivity contribution in [2.75, 3.05) is 19.8 Å². The lowest BCUT2D eigenvalue weighted by Crippen LogP contribution is -2.51. The van der Waals surface area contributed by atoms with Gasteiger partial charge in [-0.3, -0.25) is 9.59 Å². The number of aromatic carboxylic acids is 3. The Balaban J connectivity index is 0.000000141. The van der Waals surface area contributed by atoms with E-state index in [0.29, 0.717) is 51.9 Å². The van der Waals surface area contributed by atoms with Gasteiger partial charge < -0.3 is 29.5 Å². The van der Waals surface area contributed by atoms with Crippen molar-refractivity contribution >= 4 is 62.2 Å². The fraction of sp³-hybridized carbons (Fsp3) is 0.254. The van der Waals surface area contributed by atoms with E-state index in [4.69, 9.17) is 24.4 Å². The molecule has 3 N–H and O–H groups in total. The van der Waals surface area contributed by atoms with Crippen LogP contribution in [-0.4, -0.2) is 79.6 Å². The van der Waals surface area contributed by atoms with Gasteiger partial charge in [0.15, 0.2) is 35.3 Å². The molecule has 0 amide bonds. The predicted octanol–water partition coefficient (Wildman–Crippen LogP) is 11.8. The van der Waals surface area contributed by atoms with E-state index >= 15 is 0 Å². The molecule has 12 rings (SSSR count). The average Bonchev–Trinajstić information content (AvgIpc) is 3.46. The Kier molecular flexibility index (Phi) is 15.8. The third-order valence-electron chi connectivity index (χ3n) is 14.1. The summed E-state index contributed by atoms with van der Waals surface area (Å²) in [6.45, 7) is -0.120. The van der Waals surface area contributed by atoms with Gasteiger partial charge in [-0.25, -0.2) is 46.9 Å². The maximum Gasteiger partial charge on any atom is 0.354 e. The minimum absolute atomic E-state index is 0.0253. The molecule has 3 heterocycles. The summed E-state index contributed by atoms with van der Waals surface area (Å²) < 4.78 is 70.5. The number of rotatable bonds is 16. The molecule has 0 saturated heterocycles. The number of aryl methyl sites for hydroxylation is 1. The minimum Gasteiger partial charge on any atom is -0.493 e. The minimum atomic E-state index is -1.28. The van der Waals surface area contributed by atoms with Gasteiger partial charge in [0.05, 0.1) is 23.2 Å². The summed E-state index contributed by atoms with van der Waals surface area (Å²) in [5.41, 5.74) is 1.53. The van der Waals surface area contributed by atoms with Crippen molar-refractivity contribution in [2.24, 2.45) is 23.2 Å². The molecule has 4 bridgehead atoms. The molecule has 0 radical (unpaired) electrons. The quantitative estimate of drug-likeness (QED) is 0.0467. The molecular formula is C59H49F4N3O11. The smallest absolute Gasteiger partial charge is 0.354 e. The van der Waals surface area contributed by atoms with Crippen LogP contribution >= 0.6 is 0 Å². The van der Waals surface area contributed by atoms with E-state index in [1.807, 2.05) is 30.3 Å². The van der Waals surface area contributed by atoms with Crippen molar-refractivity contribution in [2.45, 2.75) is 51.4 Å². The molecule has 18 heteroatoms. The van der Waals surface area contributed by atoms with Gasteiger partial charge in [0.25, 0.3) is 0 Å². The van der Waals surface area contributed by atoms with Crippen LogP contribution in [-0.2, 0) is 11.2 Å². The van der Waals surface area contributed by atoms with Gasteiger partial charge in [0.1, 0.15) is 47.1 Å². The highest BCUT2D eigenvalue weighted by Gasteiger charge is 2.54. The number of hydrogen-bond donors (Lipinski definition) is 3. The first-order valence-electron chi connectivity index (χ1n) is 24.7. The van der Waals surface area contributed by atoms with Crippen LogP contribution in [0.5, 0.6) is 17.2 Å². The van der Waals surface area contributed by atoms with Gasteiger partial charge in [-0.05, 0) is 154 Å². The summed E-state index contributed by atoms with van der Waals surface area (Å²) in [5.74, 6) is -3.31. The Morgan fingerprint density at radius 3 is 1.32 bits per heavy atom. The number of ether oxygens (including phenoxy) is 3. The van der Waals surface area contributed by atoms with Crippen molar-refractivity contribution in [3.8, 4) is 17.2 Å². The SMILES string of the molecule is O=C(COc1cc(C(=O)O)nc2ccc(F)cc12)c1ccc(F)cc1.O=C(O)c1cc(OCC(=O)C23CC4CC(CC(C4)C2)C3)c2cc(F)ccc2n1.O=C(O)c1cc(OCCCc2ccccc2)c2cc(F)ccc2n1. The number of nitrogens with zero attached hydrogens (tertiary/aromatic N) is 3. The Bertz CT molecular complexity index is 3530. The number of ketones is 2. The second kappa shape index (κ2) is 23.0. The number of carbonyl (C=O) groups is 5. The van der Waals surface area contributed by atoms with E-state index in [1.165, 1.54) is 91.6 Å². The number of carboxylic acid groups (broad SMARTS) is 3. The fourth-order valence-corrected chi connectivity index (χ4v) is 10.9. The van der Waals surface area contributed by atoms with Crippen molar-refractivity contribution in [1.82, 2.24) is 15.0 Å². The van der Waals surface area contributed by atoms with Crippen molar-refractivity contribution in [3.63, 3.8) is 0 Å². The first kappa shape index (κ1) is 53.0. The maximum atomic E-state index is 13.7. The van der Waals surface area contributed by atoms with Crippen LogP contribution in [0.1, 0.15) is 92.3 Å². The van der Waals surface area contributed by atoms with E-state index in [2.05, 4.69) is 15.0 Å². The summed E-state index contributed by atoms with van der Waals surface area (Å²) in [4.78, 5) is 70.9. The molecule has 14 nitrogen and oxygen atoms in total. The molecule has 77 heavy (non-hydrogen) atoms. The lowest BCUT2D eigenvalue weighted by atomic mass is 9.48. The van der Waals surface area contributed by atoms with E-state index in [-0.39, 0.29) is 62.9 Å². The third kappa shape index (κ3) is 12.7. The van der Waals surface area contributed by atoms with E-state index < -0.39 is 53.6 Å². The van der Waals surface area contributed by atoms with Crippen LogP contribution in [0.4, 0.5) is 17.6 Å². The lowest BCUT2D eigenvalue weighted by Gasteiger charge is -2.55. The van der Waals surface area contributed by atoms with E-state index in [1.54, 1.807) is 0 Å². The molecule has 4 saturated carbocycles. The van der Waals surface area contributed by atoms with Crippen LogP contribution in [0.25, 0.3) is 32.7 Å². The van der Waals surface area contributed by atoms with Crippen LogP contribution in [0, 0.1) is 46.4 Å². The Morgan fingerprint density at radius 2 is 0.896 bits per heavy atom. The zero-order valence-electron chi connectivity index (χ0n) is 41.1. The van der Waals surface area contributed by atoms with Crippen LogP contribution in [0.15, 0.2) is 127 Å². The summed E-state index contributed by atoms with van der Waals surface area (Å²) in [6.07, 6.45) is 8.24. The van der Waals surface area contributed by atoms with Crippen molar-refractivity contribution in [3.05, 3.63) is 179 Å². The zero-order chi connectivity index (χ0) is 54.4. The summed E-state index contributed by atoms with van der Waals surface area (Å²) in [7, 11) is 0. The van der Waals surface area contributed by atoms with Gasteiger partial charge in [0, 0.05) is 45.3 Å². The second-order valence-corrected chi connectivity index (χ2v) is 19.5. The first-order valence-corrected chi connectivity index (χ1v) is 24.7. The first-order chi connectivity index (χ1) is 37.0. The average molecular weight is 1050 g/mol. The molecule has 4 fully saturated rings. The summed E-state index contributed by atoms with van der Waals surface area (Å²) in [5, 5.41) is 28.7. The molecule has 394 valence electrons. The monoisotopic (exact) mass is 1050 g/mol. The maximum absolute atomic E-state index is 13.7. The number of carboxylic acids is 3. The number of benzene rings is 5. The summed E-state index contributed by atoms with van der Waals surface area (Å²) in [6, 6.07) is 30.2. The topological polar surface area (TPSA) is 212 Å². The molecule has 0 unspecified atom stereocenters. The number of fused-ring (bicyclic) bond motifs is 3. The molecule has 0 aliphatic heterocycles. The number of halogens is 4. The molecule has 5 aromatic carbocycles.